The third kappa shape index (κ3) is 4.87. The van der Waals surface area contributed by atoms with Crippen LogP contribution in [-0.2, 0) is 4.79 Å². The molecule has 1 saturated carbocycles. The number of fused-ring (bicyclic) bond motifs is 1. The van der Waals surface area contributed by atoms with E-state index in [1.54, 1.807) is 43.5 Å². The topological polar surface area (TPSA) is 99.7 Å². The van der Waals surface area contributed by atoms with Crippen LogP contribution in [0.25, 0.3) is 0 Å². The van der Waals surface area contributed by atoms with E-state index in [1.165, 1.54) is 0 Å². The van der Waals surface area contributed by atoms with Gasteiger partial charge in [0, 0.05) is 31.6 Å². The summed E-state index contributed by atoms with van der Waals surface area (Å²) in [6, 6.07) is 5.19. The first kappa shape index (κ1) is 24.3. The van der Waals surface area contributed by atoms with Crippen LogP contribution in [0.4, 0.5) is 23.1 Å². The summed E-state index contributed by atoms with van der Waals surface area (Å²) < 4.78 is 5.52. The number of hydrogen-bond acceptors (Lipinski definition) is 7. The minimum atomic E-state index is -0.236. The lowest BCUT2D eigenvalue weighted by Crippen LogP contribution is -2.55. The summed E-state index contributed by atoms with van der Waals surface area (Å²) in [7, 11) is 3.32. The molecule has 1 aromatic heterocycles. The molecule has 4 rings (SSSR count). The number of anilines is 4. The number of aromatic nitrogens is 2. The van der Waals surface area contributed by atoms with Crippen molar-refractivity contribution in [3.63, 3.8) is 0 Å². The van der Waals surface area contributed by atoms with E-state index in [4.69, 9.17) is 16.1 Å². The molecule has 0 saturated heterocycles. The summed E-state index contributed by atoms with van der Waals surface area (Å²) >= 11 is 0. The Bertz CT molecular complexity index is 1140. The zero-order valence-corrected chi connectivity index (χ0v) is 20.5. The molecule has 0 radical (unpaired) electrons. The molecule has 1 aromatic carbocycles. The van der Waals surface area contributed by atoms with Gasteiger partial charge < -0.3 is 25.2 Å². The number of ether oxygens (including phenoxy) is 1. The molecule has 9 heteroatoms. The fourth-order valence-corrected chi connectivity index (χ4v) is 4.85. The molecule has 184 valence electrons. The smallest absolute Gasteiger partial charge is 0.251 e. The fraction of sp³-hybridized carbons (Fsp3) is 0.462. The van der Waals surface area contributed by atoms with Gasteiger partial charge in [-0.15, -0.1) is 12.3 Å². The number of nitrogens with zero attached hydrogens (tertiary/aromatic N) is 4. The second-order valence-electron chi connectivity index (χ2n) is 8.82. The van der Waals surface area contributed by atoms with Crippen molar-refractivity contribution in [2.45, 2.75) is 57.5 Å². The fourth-order valence-electron chi connectivity index (χ4n) is 4.85. The quantitative estimate of drug-likeness (QED) is 0.444. The number of nitrogens with one attached hydrogen (secondary N) is 2. The van der Waals surface area contributed by atoms with Crippen molar-refractivity contribution in [1.29, 1.82) is 0 Å². The number of likely N-dealkylation sites (N-methyl/N-ethyl adjacent to an activating group) is 1. The summed E-state index contributed by atoms with van der Waals surface area (Å²) in [5.74, 6) is 4.01. The second kappa shape index (κ2) is 10.6. The van der Waals surface area contributed by atoms with Gasteiger partial charge in [0.2, 0.25) is 11.9 Å². The van der Waals surface area contributed by atoms with Gasteiger partial charge in [0.1, 0.15) is 17.5 Å². The molecule has 2 aliphatic rings. The van der Waals surface area contributed by atoms with Crippen LogP contribution in [0.5, 0.6) is 5.75 Å². The van der Waals surface area contributed by atoms with E-state index in [-0.39, 0.29) is 17.9 Å². The largest absolute Gasteiger partial charge is 0.495 e. The number of benzene rings is 1. The molecule has 2 heterocycles. The highest BCUT2D eigenvalue weighted by Gasteiger charge is 2.41. The molecule has 2 amide bonds. The Balaban J connectivity index is 1.63. The van der Waals surface area contributed by atoms with Crippen LogP contribution in [0.15, 0.2) is 24.4 Å². The average Bonchev–Trinajstić information content (AvgIpc) is 3.40. The van der Waals surface area contributed by atoms with Gasteiger partial charge >= 0.3 is 0 Å². The Morgan fingerprint density at radius 1 is 1.31 bits per heavy atom. The van der Waals surface area contributed by atoms with Crippen molar-refractivity contribution < 1.29 is 14.3 Å². The Kier molecular flexibility index (Phi) is 7.39. The molecule has 0 spiro atoms. The van der Waals surface area contributed by atoms with Crippen molar-refractivity contribution in [2.24, 2.45) is 0 Å². The summed E-state index contributed by atoms with van der Waals surface area (Å²) in [6.07, 6.45) is 12.5. The van der Waals surface area contributed by atoms with E-state index in [2.05, 4.69) is 26.4 Å². The molecule has 35 heavy (non-hydrogen) atoms. The maximum absolute atomic E-state index is 13.1. The van der Waals surface area contributed by atoms with Gasteiger partial charge in [0.05, 0.1) is 19.0 Å². The Morgan fingerprint density at radius 3 is 2.77 bits per heavy atom. The normalized spacial score (nSPS) is 17.7. The highest BCUT2D eigenvalue weighted by Crippen LogP contribution is 2.40. The number of hydrogen-bond donors (Lipinski definition) is 2. The number of rotatable bonds is 8. The third-order valence-corrected chi connectivity index (χ3v) is 6.68. The summed E-state index contributed by atoms with van der Waals surface area (Å²) in [5, 5.41) is 6.01. The highest BCUT2D eigenvalue weighted by molar-refractivity contribution is 6.04. The lowest BCUT2D eigenvalue weighted by Gasteiger charge is -2.43. The van der Waals surface area contributed by atoms with Gasteiger partial charge in [-0.2, -0.15) is 4.98 Å². The van der Waals surface area contributed by atoms with Crippen LogP contribution in [0.1, 0.15) is 55.8 Å². The summed E-state index contributed by atoms with van der Waals surface area (Å²) in [6.45, 7) is 2.45. The predicted octanol–water partition coefficient (Wildman–Crippen LogP) is 3.49. The molecule has 0 bridgehead atoms. The van der Waals surface area contributed by atoms with Gasteiger partial charge in [0.25, 0.3) is 5.91 Å². The number of terminal acetylenes is 1. The third-order valence-electron chi connectivity index (χ3n) is 6.68. The van der Waals surface area contributed by atoms with E-state index in [0.29, 0.717) is 54.1 Å². The molecule has 0 unspecified atom stereocenters. The standard InChI is InChI=1S/C26H32N6O3/c1-5-7-14-27-24(33)17-12-13-19(22(15-17)35-4)29-26-28-16-21-23(30-26)32(18-10-8-9-11-18)20(6-2)25(34)31(21)3/h1,12-13,15-16,18,20H,6-11,14H2,2-4H3,(H,27,33)(H,28,29,30)/t20-/m1/s1. The molecular formula is C26H32N6O3. The monoisotopic (exact) mass is 476 g/mol. The molecule has 1 aliphatic carbocycles. The first-order chi connectivity index (χ1) is 17.0. The molecule has 2 aromatic rings. The van der Waals surface area contributed by atoms with Crippen LogP contribution in [0, 0.1) is 12.3 Å². The van der Waals surface area contributed by atoms with Gasteiger partial charge in [-0.1, -0.05) is 19.8 Å². The highest BCUT2D eigenvalue weighted by atomic mass is 16.5. The minimum Gasteiger partial charge on any atom is -0.495 e. The van der Waals surface area contributed by atoms with E-state index in [1.807, 2.05) is 6.92 Å². The van der Waals surface area contributed by atoms with Crippen LogP contribution in [-0.4, -0.2) is 54.6 Å². The Morgan fingerprint density at radius 2 is 2.09 bits per heavy atom. The summed E-state index contributed by atoms with van der Waals surface area (Å²) in [4.78, 5) is 38.6. The number of carbonyl (C=O) groups is 2. The van der Waals surface area contributed by atoms with Crippen molar-refractivity contribution in [1.82, 2.24) is 15.3 Å². The molecule has 2 N–H and O–H groups in total. The number of carbonyl (C=O) groups excluding carboxylic acids is 2. The maximum atomic E-state index is 13.1. The molecule has 1 fully saturated rings. The molecule has 9 nitrogen and oxygen atoms in total. The zero-order valence-electron chi connectivity index (χ0n) is 20.5. The van der Waals surface area contributed by atoms with E-state index >= 15 is 0 Å². The SMILES string of the molecule is C#CCCNC(=O)c1ccc(Nc2ncc3c(n2)N(C2CCCC2)[C@H](CC)C(=O)N3C)c(OC)c1. The van der Waals surface area contributed by atoms with Crippen LogP contribution in [0.3, 0.4) is 0 Å². The van der Waals surface area contributed by atoms with Crippen LogP contribution >= 0.6 is 0 Å². The van der Waals surface area contributed by atoms with Gasteiger partial charge in [-0.25, -0.2) is 4.98 Å². The maximum Gasteiger partial charge on any atom is 0.251 e. The van der Waals surface area contributed by atoms with E-state index in [0.717, 1.165) is 31.5 Å². The van der Waals surface area contributed by atoms with Crippen molar-refractivity contribution in [2.75, 3.05) is 35.8 Å². The van der Waals surface area contributed by atoms with Crippen molar-refractivity contribution in [3.05, 3.63) is 30.0 Å². The Labute approximate surface area is 206 Å². The number of methoxy groups -OCH3 is 1. The minimum absolute atomic E-state index is 0.0778. The molecular weight excluding hydrogens is 444 g/mol. The first-order valence-corrected chi connectivity index (χ1v) is 12.1. The van der Waals surface area contributed by atoms with E-state index < -0.39 is 0 Å². The van der Waals surface area contributed by atoms with Crippen LogP contribution < -0.4 is 25.2 Å². The van der Waals surface area contributed by atoms with Gasteiger partial charge in [0.15, 0.2) is 5.82 Å². The lowest BCUT2D eigenvalue weighted by atomic mass is 10.0. The van der Waals surface area contributed by atoms with E-state index in [9.17, 15) is 9.59 Å². The van der Waals surface area contributed by atoms with Gasteiger partial charge in [-0.3, -0.25) is 9.59 Å². The zero-order chi connectivity index (χ0) is 24.9. The van der Waals surface area contributed by atoms with Gasteiger partial charge in [-0.05, 0) is 37.5 Å². The lowest BCUT2D eigenvalue weighted by molar-refractivity contribution is -0.120. The number of amides is 2. The Hall–Kier alpha value is -3.80. The van der Waals surface area contributed by atoms with Crippen molar-refractivity contribution in [3.8, 4) is 18.1 Å². The average molecular weight is 477 g/mol. The van der Waals surface area contributed by atoms with Crippen molar-refractivity contribution >= 4 is 35.0 Å². The molecule has 1 aliphatic heterocycles. The molecule has 1 atom stereocenters. The van der Waals surface area contributed by atoms with Crippen LogP contribution in [0.2, 0.25) is 0 Å². The summed E-state index contributed by atoms with van der Waals surface area (Å²) in [5.41, 5.74) is 1.81. The second-order valence-corrected chi connectivity index (χ2v) is 8.82. The predicted molar refractivity (Wildman–Crippen MR) is 136 cm³/mol. The first-order valence-electron chi connectivity index (χ1n) is 12.1.